The van der Waals surface area contributed by atoms with Crippen molar-refractivity contribution in [1.29, 1.82) is 0 Å². The Morgan fingerprint density at radius 2 is 1.86 bits per heavy atom. The summed E-state index contributed by atoms with van der Waals surface area (Å²) in [4.78, 5) is 2.48. The Labute approximate surface area is 98.4 Å². The monoisotopic (exact) mass is 263 g/mol. The molecule has 2 unspecified atom stereocenters. The van der Waals surface area contributed by atoms with E-state index in [0.717, 1.165) is 17.2 Å². The van der Waals surface area contributed by atoms with Crippen LogP contribution in [0, 0.1) is 11.8 Å². The van der Waals surface area contributed by atoms with Gasteiger partial charge in [-0.05, 0) is 25.3 Å². The zero-order valence-electron chi connectivity index (χ0n) is 10.2. The molecule has 0 aliphatic carbocycles. The van der Waals surface area contributed by atoms with Crippen LogP contribution in [0.4, 0.5) is 0 Å². The van der Waals surface area contributed by atoms with Crippen LogP contribution in [-0.4, -0.2) is 30.4 Å². The molecule has 86 valence electrons. The molecular formula is C12H26BrN. The van der Waals surface area contributed by atoms with Gasteiger partial charge >= 0.3 is 0 Å². The SMILES string of the molecule is CCCC(CBr)CN(C)CC(C)CC. The van der Waals surface area contributed by atoms with Crippen molar-refractivity contribution in [3.63, 3.8) is 0 Å². The van der Waals surface area contributed by atoms with Gasteiger partial charge in [0.15, 0.2) is 0 Å². The third kappa shape index (κ3) is 6.83. The summed E-state index contributed by atoms with van der Waals surface area (Å²) in [5, 5.41) is 1.14. The summed E-state index contributed by atoms with van der Waals surface area (Å²) < 4.78 is 0. The van der Waals surface area contributed by atoms with Crippen molar-refractivity contribution in [3.8, 4) is 0 Å². The van der Waals surface area contributed by atoms with Crippen LogP contribution in [0.25, 0.3) is 0 Å². The molecule has 0 fully saturated rings. The fraction of sp³-hybridized carbons (Fsp3) is 1.00. The number of alkyl halides is 1. The van der Waals surface area contributed by atoms with Crippen molar-refractivity contribution in [3.05, 3.63) is 0 Å². The Balaban J connectivity index is 3.71. The molecular weight excluding hydrogens is 238 g/mol. The van der Waals surface area contributed by atoms with Crippen LogP contribution in [0.3, 0.4) is 0 Å². The van der Waals surface area contributed by atoms with Gasteiger partial charge in [-0.3, -0.25) is 0 Å². The molecule has 2 heteroatoms. The summed E-state index contributed by atoms with van der Waals surface area (Å²) in [5.41, 5.74) is 0. The fourth-order valence-electron chi connectivity index (χ4n) is 1.80. The van der Waals surface area contributed by atoms with Crippen LogP contribution < -0.4 is 0 Å². The van der Waals surface area contributed by atoms with E-state index in [-0.39, 0.29) is 0 Å². The van der Waals surface area contributed by atoms with Gasteiger partial charge in [-0.15, -0.1) is 0 Å². The average molecular weight is 264 g/mol. The minimum absolute atomic E-state index is 0.828. The summed E-state index contributed by atoms with van der Waals surface area (Å²) >= 11 is 3.60. The lowest BCUT2D eigenvalue weighted by atomic mass is 10.0. The van der Waals surface area contributed by atoms with Gasteiger partial charge < -0.3 is 4.90 Å². The number of hydrogen-bond acceptors (Lipinski definition) is 1. The molecule has 0 heterocycles. The van der Waals surface area contributed by atoms with Crippen molar-refractivity contribution in [2.45, 2.75) is 40.0 Å². The van der Waals surface area contributed by atoms with Crippen LogP contribution in [0.15, 0.2) is 0 Å². The van der Waals surface area contributed by atoms with E-state index in [0.29, 0.717) is 0 Å². The maximum absolute atomic E-state index is 3.60. The average Bonchev–Trinajstić information content (AvgIpc) is 2.16. The van der Waals surface area contributed by atoms with Gasteiger partial charge in [0.05, 0.1) is 0 Å². The smallest absolute Gasteiger partial charge is 0.00718 e. The zero-order chi connectivity index (χ0) is 11.0. The molecule has 2 atom stereocenters. The van der Waals surface area contributed by atoms with Gasteiger partial charge in [0, 0.05) is 18.4 Å². The summed E-state index contributed by atoms with van der Waals surface area (Å²) in [6, 6.07) is 0. The largest absolute Gasteiger partial charge is 0.306 e. The van der Waals surface area contributed by atoms with E-state index in [1.807, 2.05) is 0 Å². The molecule has 0 rings (SSSR count). The highest BCUT2D eigenvalue weighted by molar-refractivity contribution is 9.09. The van der Waals surface area contributed by atoms with E-state index in [1.165, 1.54) is 32.4 Å². The third-order valence-electron chi connectivity index (χ3n) is 2.81. The molecule has 0 amide bonds. The summed E-state index contributed by atoms with van der Waals surface area (Å²) in [6.07, 6.45) is 3.93. The normalized spacial score (nSPS) is 15.9. The van der Waals surface area contributed by atoms with E-state index in [9.17, 15) is 0 Å². The third-order valence-corrected chi connectivity index (χ3v) is 3.72. The minimum Gasteiger partial charge on any atom is -0.306 e. The molecule has 0 aliphatic rings. The number of halogens is 1. The first-order chi connectivity index (χ1) is 6.63. The van der Waals surface area contributed by atoms with Crippen molar-refractivity contribution in [2.24, 2.45) is 11.8 Å². The zero-order valence-corrected chi connectivity index (χ0v) is 11.8. The van der Waals surface area contributed by atoms with Crippen molar-refractivity contribution >= 4 is 15.9 Å². The van der Waals surface area contributed by atoms with Crippen LogP contribution in [-0.2, 0) is 0 Å². The molecule has 0 N–H and O–H groups in total. The Morgan fingerprint density at radius 1 is 1.21 bits per heavy atom. The number of rotatable bonds is 8. The summed E-state index contributed by atoms with van der Waals surface area (Å²) in [6.45, 7) is 9.35. The Hall–Kier alpha value is 0.440. The lowest BCUT2D eigenvalue weighted by Crippen LogP contribution is -2.30. The molecule has 0 spiro atoms. The van der Waals surface area contributed by atoms with Gasteiger partial charge in [0.2, 0.25) is 0 Å². The highest BCUT2D eigenvalue weighted by atomic mass is 79.9. The molecule has 0 aliphatic heterocycles. The minimum atomic E-state index is 0.828. The van der Waals surface area contributed by atoms with Gasteiger partial charge in [0.25, 0.3) is 0 Å². The Bertz CT molecular complexity index is 127. The van der Waals surface area contributed by atoms with E-state index in [2.05, 4.69) is 48.6 Å². The van der Waals surface area contributed by atoms with Gasteiger partial charge in [0.1, 0.15) is 0 Å². The fourth-order valence-corrected chi connectivity index (χ4v) is 2.33. The molecule has 0 radical (unpaired) electrons. The molecule has 0 bridgehead atoms. The summed E-state index contributed by atoms with van der Waals surface area (Å²) in [5.74, 6) is 1.66. The second-order valence-corrected chi connectivity index (χ2v) is 5.19. The number of hydrogen-bond donors (Lipinski definition) is 0. The highest BCUT2D eigenvalue weighted by Crippen LogP contribution is 2.12. The van der Waals surface area contributed by atoms with Crippen LogP contribution in [0.1, 0.15) is 40.0 Å². The van der Waals surface area contributed by atoms with E-state index in [1.54, 1.807) is 0 Å². The lowest BCUT2D eigenvalue weighted by Gasteiger charge is -2.24. The highest BCUT2D eigenvalue weighted by Gasteiger charge is 2.11. The maximum Gasteiger partial charge on any atom is 0.00718 e. The quantitative estimate of drug-likeness (QED) is 0.603. The first kappa shape index (κ1) is 14.4. The molecule has 14 heavy (non-hydrogen) atoms. The second kappa shape index (κ2) is 8.72. The first-order valence-corrected chi connectivity index (χ1v) is 7.00. The predicted molar refractivity (Wildman–Crippen MR) is 69.1 cm³/mol. The molecule has 1 nitrogen and oxygen atoms in total. The molecule has 0 aromatic heterocycles. The second-order valence-electron chi connectivity index (χ2n) is 4.54. The standard InChI is InChI=1S/C12H26BrN/c1-5-7-12(8-13)10-14(4)9-11(3)6-2/h11-12H,5-10H2,1-4H3. The molecule has 0 aromatic rings. The van der Waals surface area contributed by atoms with Crippen LogP contribution in [0.2, 0.25) is 0 Å². The first-order valence-electron chi connectivity index (χ1n) is 5.88. The molecule has 0 aromatic carbocycles. The number of nitrogens with zero attached hydrogens (tertiary/aromatic N) is 1. The maximum atomic E-state index is 3.60. The van der Waals surface area contributed by atoms with Crippen molar-refractivity contribution in [1.82, 2.24) is 4.90 Å². The summed E-state index contributed by atoms with van der Waals surface area (Å²) in [7, 11) is 2.25. The van der Waals surface area contributed by atoms with Crippen molar-refractivity contribution < 1.29 is 0 Å². The van der Waals surface area contributed by atoms with Crippen LogP contribution in [0.5, 0.6) is 0 Å². The van der Waals surface area contributed by atoms with Gasteiger partial charge in [-0.2, -0.15) is 0 Å². The van der Waals surface area contributed by atoms with E-state index < -0.39 is 0 Å². The van der Waals surface area contributed by atoms with E-state index in [4.69, 9.17) is 0 Å². The predicted octanol–water partition coefficient (Wildman–Crippen LogP) is 3.78. The van der Waals surface area contributed by atoms with Crippen LogP contribution >= 0.6 is 15.9 Å². The Morgan fingerprint density at radius 3 is 2.29 bits per heavy atom. The van der Waals surface area contributed by atoms with Gasteiger partial charge in [-0.25, -0.2) is 0 Å². The Kier molecular flexibility index (Phi) is 9.00. The van der Waals surface area contributed by atoms with Gasteiger partial charge in [-0.1, -0.05) is 49.5 Å². The topological polar surface area (TPSA) is 3.24 Å². The van der Waals surface area contributed by atoms with E-state index >= 15 is 0 Å². The van der Waals surface area contributed by atoms with Crippen molar-refractivity contribution in [2.75, 3.05) is 25.5 Å². The lowest BCUT2D eigenvalue weighted by molar-refractivity contribution is 0.244. The molecule has 0 saturated heterocycles. The molecule has 0 saturated carbocycles.